The maximum absolute atomic E-state index is 5.95. The fourth-order valence-corrected chi connectivity index (χ4v) is 4.12. The zero-order valence-corrected chi connectivity index (χ0v) is 14.9. The molecule has 3 rings (SSSR count). The third kappa shape index (κ3) is 2.87. The molecule has 2 saturated carbocycles. The summed E-state index contributed by atoms with van der Waals surface area (Å²) in [7, 11) is 6.06. The molecule has 0 radical (unpaired) electrons. The minimum absolute atomic E-state index is 0.359. The van der Waals surface area contributed by atoms with E-state index >= 15 is 0 Å². The van der Waals surface area contributed by atoms with E-state index in [0.29, 0.717) is 17.6 Å². The van der Waals surface area contributed by atoms with Crippen LogP contribution in [0.2, 0.25) is 0 Å². The van der Waals surface area contributed by atoms with Gasteiger partial charge >= 0.3 is 0 Å². The summed E-state index contributed by atoms with van der Waals surface area (Å²) in [4.78, 5) is 6.70. The summed E-state index contributed by atoms with van der Waals surface area (Å²) in [5.41, 5.74) is 1.65. The first-order valence-corrected chi connectivity index (χ1v) is 8.77. The Morgan fingerprint density at radius 2 is 2.30 bits per heavy atom. The Balaban J connectivity index is 1.61. The molecule has 5 nitrogen and oxygen atoms in total. The van der Waals surface area contributed by atoms with Gasteiger partial charge in [0.15, 0.2) is 5.96 Å². The van der Waals surface area contributed by atoms with Crippen molar-refractivity contribution in [2.24, 2.45) is 17.5 Å². The second-order valence-electron chi connectivity index (χ2n) is 6.98. The van der Waals surface area contributed by atoms with E-state index in [-0.39, 0.29) is 0 Å². The summed E-state index contributed by atoms with van der Waals surface area (Å²) in [5.74, 6) is 0.984. The third-order valence-corrected chi connectivity index (χ3v) is 5.76. The molecule has 1 spiro atoms. The van der Waals surface area contributed by atoms with Crippen LogP contribution in [0.15, 0.2) is 23.3 Å². The lowest BCUT2D eigenvalue weighted by Crippen LogP contribution is -2.68. The van der Waals surface area contributed by atoms with Crippen LogP contribution in [0.25, 0.3) is 0 Å². The Morgan fingerprint density at radius 3 is 2.83 bits per heavy atom. The van der Waals surface area contributed by atoms with Gasteiger partial charge < -0.3 is 19.5 Å². The van der Waals surface area contributed by atoms with Crippen LogP contribution < -0.4 is 5.32 Å². The molecule has 0 amide bonds. The van der Waals surface area contributed by atoms with Gasteiger partial charge in [-0.2, -0.15) is 0 Å². The minimum atomic E-state index is 0.359. The van der Waals surface area contributed by atoms with Crippen LogP contribution >= 0.6 is 0 Å². The summed E-state index contributed by atoms with van der Waals surface area (Å²) in [6.45, 7) is 3.78. The van der Waals surface area contributed by atoms with E-state index in [2.05, 4.69) is 59.1 Å². The third-order valence-electron chi connectivity index (χ3n) is 5.76. The second-order valence-corrected chi connectivity index (χ2v) is 6.98. The van der Waals surface area contributed by atoms with E-state index in [0.717, 1.165) is 25.5 Å². The van der Waals surface area contributed by atoms with Crippen LogP contribution in [0, 0.1) is 5.41 Å². The highest BCUT2D eigenvalue weighted by Crippen LogP contribution is 2.57. The Labute approximate surface area is 139 Å². The largest absolute Gasteiger partial charge is 0.378 e. The second kappa shape index (κ2) is 6.56. The van der Waals surface area contributed by atoms with Gasteiger partial charge in [-0.3, -0.25) is 4.99 Å². The quantitative estimate of drug-likeness (QED) is 0.669. The number of aryl methyl sites for hydroxylation is 1. The number of rotatable bonds is 5. The van der Waals surface area contributed by atoms with Crippen molar-refractivity contribution in [1.29, 1.82) is 0 Å². The number of ether oxygens (including phenoxy) is 1. The number of aliphatic imine (C=N–C) groups is 1. The molecule has 2 unspecified atom stereocenters. The summed E-state index contributed by atoms with van der Waals surface area (Å²) < 4.78 is 8.10. The van der Waals surface area contributed by atoms with Crippen molar-refractivity contribution in [1.82, 2.24) is 14.8 Å². The maximum atomic E-state index is 5.95. The number of hydrogen-bond acceptors (Lipinski definition) is 2. The molecule has 5 heteroatoms. The number of nitrogens with zero attached hydrogens (tertiary/aromatic N) is 3. The van der Waals surface area contributed by atoms with E-state index in [1.54, 1.807) is 0 Å². The van der Waals surface area contributed by atoms with Crippen molar-refractivity contribution in [3.05, 3.63) is 24.0 Å². The van der Waals surface area contributed by atoms with E-state index in [1.165, 1.54) is 25.0 Å². The average Bonchev–Trinajstić information content (AvgIpc) is 2.85. The van der Waals surface area contributed by atoms with Crippen molar-refractivity contribution in [3.63, 3.8) is 0 Å². The first-order chi connectivity index (χ1) is 11.1. The molecule has 1 N–H and O–H groups in total. The topological polar surface area (TPSA) is 41.8 Å². The maximum Gasteiger partial charge on any atom is 0.193 e. The highest BCUT2D eigenvalue weighted by atomic mass is 16.5. The van der Waals surface area contributed by atoms with Gasteiger partial charge in [0, 0.05) is 51.1 Å². The normalized spacial score (nSPS) is 25.8. The van der Waals surface area contributed by atoms with Gasteiger partial charge in [-0.25, -0.2) is 0 Å². The van der Waals surface area contributed by atoms with Crippen molar-refractivity contribution in [3.8, 4) is 0 Å². The Morgan fingerprint density at radius 1 is 1.52 bits per heavy atom. The lowest BCUT2D eigenvalue weighted by atomic mass is 9.51. The van der Waals surface area contributed by atoms with Crippen molar-refractivity contribution < 1.29 is 4.74 Å². The molecule has 23 heavy (non-hydrogen) atoms. The smallest absolute Gasteiger partial charge is 0.193 e. The lowest BCUT2D eigenvalue weighted by Gasteiger charge is -2.61. The van der Waals surface area contributed by atoms with Gasteiger partial charge in [-0.15, -0.1) is 0 Å². The first kappa shape index (κ1) is 16.4. The highest BCUT2D eigenvalue weighted by Gasteiger charge is 2.59. The minimum Gasteiger partial charge on any atom is -0.378 e. The zero-order valence-electron chi connectivity index (χ0n) is 14.9. The monoisotopic (exact) mass is 318 g/mol. The van der Waals surface area contributed by atoms with Crippen molar-refractivity contribution in [2.45, 2.75) is 51.3 Å². The van der Waals surface area contributed by atoms with Crippen LogP contribution in [0.3, 0.4) is 0 Å². The molecule has 0 bridgehead atoms. The number of nitrogens with one attached hydrogen (secondary N) is 1. The molecule has 0 saturated heterocycles. The standard InChI is InChI=1S/C18H30N4O/c1-5-23-16-12-15(18(16)9-7-10-18)20-17(19-2)22(4)13-14-8-6-11-21(14)3/h6,8,11,15-16H,5,7,9-10,12-13H2,1-4H3,(H,19,20). The van der Waals surface area contributed by atoms with Crippen LogP contribution in [0.1, 0.15) is 38.3 Å². The molecule has 1 aromatic rings. The Bertz CT molecular complexity index is 561. The predicted molar refractivity (Wildman–Crippen MR) is 93.5 cm³/mol. The molecule has 128 valence electrons. The van der Waals surface area contributed by atoms with Crippen LogP contribution in [-0.4, -0.2) is 48.3 Å². The summed E-state index contributed by atoms with van der Waals surface area (Å²) >= 11 is 0. The molecule has 2 aliphatic carbocycles. The fourth-order valence-electron chi connectivity index (χ4n) is 4.12. The highest BCUT2D eigenvalue weighted by molar-refractivity contribution is 5.80. The van der Waals surface area contributed by atoms with Crippen LogP contribution in [0.5, 0.6) is 0 Å². The van der Waals surface area contributed by atoms with Crippen molar-refractivity contribution >= 4 is 5.96 Å². The van der Waals surface area contributed by atoms with Crippen LogP contribution in [0.4, 0.5) is 0 Å². The zero-order chi connectivity index (χ0) is 16.4. The first-order valence-electron chi connectivity index (χ1n) is 8.77. The Kier molecular flexibility index (Phi) is 4.67. The van der Waals surface area contributed by atoms with Crippen LogP contribution in [-0.2, 0) is 18.3 Å². The van der Waals surface area contributed by atoms with Gasteiger partial charge in [-0.05, 0) is 38.3 Å². The Hall–Kier alpha value is -1.49. The van der Waals surface area contributed by atoms with E-state index in [4.69, 9.17) is 4.74 Å². The molecule has 0 aliphatic heterocycles. The lowest BCUT2D eigenvalue weighted by molar-refractivity contribution is -0.168. The van der Waals surface area contributed by atoms with E-state index in [9.17, 15) is 0 Å². The van der Waals surface area contributed by atoms with E-state index < -0.39 is 0 Å². The molecule has 2 fully saturated rings. The molecule has 1 heterocycles. The van der Waals surface area contributed by atoms with Gasteiger partial charge in [0.1, 0.15) is 0 Å². The number of hydrogen-bond donors (Lipinski definition) is 1. The van der Waals surface area contributed by atoms with Gasteiger partial charge in [0.05, 0.1) is 12.6 Å². The fraction of sp³-hybridized carbons (Fsp3) is 0.722. The average molecular weight is 318 g/mol. The molecule has 2 aliphatic rings. The predicted octanol–water partition coefficient (Wildman–Crippen LogP) is 2.38. The van der Waals surface area contributed by atoms with Gasteiger partial charge in [0.2, 0.25) is 0 Å². The van der Waals surface area contributed by atoms with Gasteiger partial charge in [0.25, 0.3) is 0 Å². The van der Waals surface area contributed by atoms with E-state index in [1.807, 2.05) is 7.05 Å². The van der Waals surface area contributed by atoms with Crippen molar-refractivity contribution in [2.75, 3.05) is 20.7 Å². The molecule has 2 atom stereocenters. The summed E-state index contributed by atoms with van der Waals surface area (Å²) in [6, 6.07) is 4.75. The molecule has 1 aromatic heterocycles. The SMILES string of the molecule is CCOC1CC(NC(=NC)N(C)Cc2cccn2C)C12CCC2. The molecular weight excluding hydrogens is 288 g/mol. The summed E-state index contributed by atoms with van der Waals surface area (Å²) in [6.07, 6.45) is 7.53. The number of aromatic nitrogens is 1. The summed E-state index contributed by atoms with van der Waals surface area (Å²) in [5, 5.41) is 3.70. The molecular formula is C18H30N4O. The number of guanidine groups is 1. The van der Waals surface area contributed by atoms with Gasteiger partial charge in [-0.1, -0.05) is 6.42 Å². The molecule has 0 aromatic carbocycles.